The van der Waals surface area contributed by atoms with Gasteiger partial charge in [0.2, 0.25) is 0 Å². The lowest BCUT2D eigenvalue weighted by Crippen LogP contribution is -2.49. The van der Waals surface area contributed by atoms with Gasteiger partial charge < -0.3 is 37.3 Å². The van der Waals surface area contributed by atoms with Crippen molar-refractivity contribution in [3.05, 3.63) is 24.3 Å². The smallest absolute Gasteiger partial charge is 0.305 e. The van der Waals surface area contributed by atoms with Gasteiger partial charge in [-0.05, 0) is 85.4 Å². The molecule has 11 heteroatoms. The maximum Gasteiger partial charge on any atom is 0.305 e. The quantitative estimate of drug-likeness (QED) is 0.0586. The summed E-state index contributed by atoms with van der Waals surface area (Å²) in [5.41, 5.74) is 2.17. The van der Waals surface area contributed by atoms with Crippen molar-refractivity contribution in [2.45, 2.75) is 191 Å². The van der Waals surface area contributed by atoms with Crippen molar-refractivity contribution in [3.63, 3.8) is 0 Å². The SMILES string of the molecule is C=C1C(CC2O[C@H](C[C@@H](CO[Si](C)(C)C(C)(C)C)O[Si](C)(C)C(C)(C)C)[C@H](OC)C2CC(=O)OC)O[C@@H](CC[C@@H]2OC(CCC=O)CC2=C)C[C@H]1C. The summed E-state index contributed by atoms with van der Waals surface area (Å²) < 4.78 is 45.2. The summed E-state index contributed by atoms with van der Waals surface area (Å²) in [6.45, 7) is 34.1. The summed E-state index contributed by atoms with van der Waals surface area (Å²) in [5, 5.41) is 0.0929. The van der Waals surface area contributed by atoms with E-state index in [1.807, 2.05) is 0 Å². The average Bonchev–Trinajstić information content (AvgIpc) is 3.56. The monoisotopic (exact) mass is 766 g/mol. The second-order valence-electron chi connectivity index (χ2n) is 18.8. The van der Waals surface area contributed by atoms with Crippen molar-refractivity contribution < 1.29 is 42.1 Å². The first-order chi connectivity index (χ1) is 24.0. The van der Waals surface area contributed by atoms with Crippen LogP contribution in [0.1, 0.15) is 106 Å². The van der Waals surface area contributed by atoms with E-state index in [2.05, 4.69) is 87.8 Å². The molecule has 9 nitrogen and oxygen atoms in total. The van der Waals surface area contributed by atoms with Gasteiger partial charge in [-0.25, -0.2) is 0 Å². The van der Waals surface area contributed by atoms with Gasteiger partial charge >= 0.3 is 5.97 Å². The summed E-state index contributed by atoms with van der Waals surface area (Å²) in [6.07, 6.45) is 5.72. The Morgan fingerprint density at radius 1 is 0.904 bits per heavy atom. The van der Waals surface area contributed by atoms with Gasteiger partial charge in [0, 0.05) is 32.3 Å². The van der Waals surface area contributed by atoms with Gasteiger partial charge in [0.15, 0.2) is 16.6 Å². The van der Waals surface area contributed by atoms with Crippen molar-refractivity contribution in [2.75, 3.05) is 20.8 Å². The van der Waals surface area contributed by atoms with Gasteiger partial charge in [-0.15, -0.1) is 0 Å². The number of carbonyl (C=O) groups excluding carboxylic acids is 2. The van der Waals surface area contributed by atoms with E-state index in [0.717, 1.165) is 49.5 Å². The summed E-state index contributed by atoms with van der Waals surface area (Å²) in [5.74, 6) is -0.224. The standard InChI is InChI=1S/C41H74O9Si2/c1-27-21-31(18-19-34-28(2)22-30(47-34)17-16-20-42)48-35(29(27)3)25-36-33(24-38(43)44-10)39(45-11)37(49-36)23-32(50-52(14,15)41(7,8)9)26-46-51(12,13)40(4,5)6/h20,27,30-37,39H,2-3,16-19,21-26H2,1,4-15H3/t27-,30?,31+,32+,33?,34+,35?,36?,37-,39-/m1/s1. The van der Waals surface area contributed by atoms with E-state index < -0.39 is 16.6 Å². The van der Waals surface area contributed by atoms with E-state index in [1.54, 1.807) is 7.11 Å². The van der Waals surface area contributed by atoms with Crippen LogP contribution in [0.25, 0.3) is 0 Å². The molecule has 3 rings (SSSR count). The highest BCUT2D eigenvalue weighted by molar-refractivity contribution is 6.74. The molecule has 3 aliphatic rings. The number of ether oxygens (including phenoxy) is 5. The normalized spacial score (nSPS) is 31.2. The number of esters is 1. The lowest BCUT2D eigenvalue weighted by Gasteiger charge is -2.42. The molecule has 4 unspecified atom stereocenters. The maximum absolute atomic E-state index is 12.8. The molecular formula is C41H74O9Si2. The third-order valence-corrected chi connectivity index (χ3v) is 21.9. The van der Waals surface area contributed by atoms with Crippen molar-refractivity contribution in [2.24, 2.45) is 11.8 Å². The molecule has 0 aliphatic carbocycles. The molecule has 0 N–H and O–H groups in total. The number of methoxy groups -OCH3 is 2. The Labute approximate surface area is 318 Å². The minimum atomic E-state index is -2.17. The second kappa shape index (κ2) is 18.6. The third kappa shape index (κ3) is 11.9. The summed E-state index contributed by atoms with van der Waals surface area (Å²) in [6, 6.07) is 0. The number of carbonyl (C=O) groups is 2. The summed E-state index contributed by atoms with van der Waals surface area (Å²) >= 11 is 0. The zero-order valence-electron chi connectivity index (χ0n) is 35.0. The maximum atomic E-state index is 12.8. The molecule has 3 saturated heterocycles. The van der Waals surface area contributed by atoms with E-state index in [4.69, 9.17) is 32.5 Å². The Bertz CT molecular complexity index is 1210. The first kappa shape index (κ1) is 45.2. The summed E-state index contributed by atoms with van der Waals surface area (Å²) in [4.78, 5) is 23.7. The molecule has 52 heavy (non-hydrogen) atoms. The van der Waals surface area contributed by atoms with Crippen LogP contribution in [0.4, 0.5) is 0 Å². The minimum Gasteiger partial charge on any atom is -0.469 e. The molecule has 0 radical (unpaired) electrons. The fraction of sp³-hybridized carbons (Fsp3) is 0.854. The van der Waals surface area contributed by atoms with Crippen LogP contribution in [-0.4, -0.2) is 98.5 Å². The number of hydrogen-bond acceptors (Lipinski definition) is 9. The fourth-order valence-corrected chi connectivity index (χ4v) is 9.74. The molecule has 0 bridgehead atoms. The Hall–Kier alpha value is -1.19. The molecule has 300 valence electrons. The van der Waals surface area contributed by atoms with Gasteiger partial charge in [-0.3, -0.25) is 4.79 Å². The second-order valence-corrected chi connectivity index (χ2v) is 28.4. The van der Waals surface area contributed by atoms with Crippen LogP contribution in [0, 0.1) is 11.8 Å². The minimum absolute atomic E-state index is 0.00735. The van der Waals surface area contributed by atoms with Gasteiger partial charge in [-0.2, -0.15) is 0 Å². The van der Waals surface area contributed by atoms with Crippen LogP contribution in [0.3, 0.4) is 0 Å². The third-order valence-electron chi connectivity index (χ3n) is 12.8. The topological polar surface area (TPSA) is 98.8 Å². The van der Waals surface area contributed by atoms with Crippen LogP contribution >= 0.6 is 0 Å². The predicted octanol–water partition coefficient (Wildman–Crippen LogP) is 8.96. The van der Waals surface area contributed by atoms with Gasteiger partial charge in [0.25, 0.3) is 0 Å². The molecule has 3 aliphatic heterocycles. The van der Waals surface area contributed by atoms with Crippen molar-refractivity contribution >= 4 is 28.9 Å². The van der Waals surface area contributed by atoms with Gasteiger partial charge in [0.1, 0.15) is 6.29 Å². The molecule has 3 fully saturated rings. The molecule has 3 heterocycles. The average molecular weight is 767 g/mol. The van der Waals surface area contributed by atoms with Crippen LogP contribution < -0.4 is 0 Å². The Balaban J connectivity index is 1.80. The number of aldehydes is 1. The highest BCUT2D eigenvalue weighted by Gasteiger charge is 2.50. The molecule has 0 aromatic carbocycles. The first-order valence-corrected chi connectivity index (χ1v) is 25.5. The van der Waals surface area contributed by atoms with E-state index in [-0.39, 0.29) is 83.1 Å². The van der Waals surface area contributed by atoms with Crippen LogP contribution in [0.5, 0.6) is 0 Å². The molecule has 0 spiro atoms. The van der Waals surface area contributed by atoms with Crippen LogP contribution in [0.2, 0.25) is 36.3 Å². The molecule has 10 atom stereocenters. The zero-order valence-corrected chi connectivity index (χ0v) is 37.0. The lowest BCUT2D eigenvalue weighted by atomic mass is 9.82. The lowest BCUT2D eigenvalue weighted by molar-refractivity contribution is -0.143. The highest BCUT2D eigenvalue weighted by atomic mass is 28.4. The van der Waals surface area contributed by atoms with E-state index in [1.165, 1.54) is 7.11 Å². The zero-order chi connectivity index (χ0) is 39.2. The first-order valence-electron chi connectivity index (χ1n) is 19.7. The number of hydrogen-bond donors (Lipinski definition) is 0. The Kier molecular flexibility index (Phi) is 16.2. The predicted molar refractivity (Wildman–Crippen MR) is 213 cm³/mol. The van der Waals surface area contributed by atoms with Crippen LogP contribution in [0.15, 0.2) is 24.3 Å². The van der Waals surface area contributed by atoms with E-state index in [9.17, 15) is 9.59 Å². The highest BCUT2D eigenvalue weighted by Crippen LogP contribution is 2.44. The Morgan fingerprint density at radius 2 is 1.54 bits per heavy atom. The van der Waals surface area contributed by atoms with Gasteiger partial charge in [0.05, 0.1) is 69.0 Å². The molecule has 0 aromatic heterocycles. The molecular weight excluding hydrogens is 693 g/mol. The van der Waals surface area contributed by atoms with Crippen molar-refractivity contribution in [3.8, 4) is 0 Å². The molecule has 0 saturated carbocycles. The number of rotatable bonds is 18. The molecule has 0 aromatic rings. The van der Waals surface area contributed by atoms with Crippen LogP contribution in [-0.2, 0) is 42.1 Å². The molecule has 0 amide bonds. The van der Waals surface area contributed by atoms with Gasteiger partial charge in [-0.1, -0.05) is 61.6 Å². The van der Waals surface area contributed by atoms with Crippen molar-refractivity contribution in [1.29, 1.82) is 0 Å². The van der Waals surface area contributed by atoms with E-state index in [0.29, 0.717) is 25.9 Å². The Morgan fingerprint density at radius 3 is 2.12 bits per heavy atom. The summed E-state index contributed by atoms with van der Waals surface area (Å²) in [7, 11) is -1.08. The van der Waals surface area contributed by atoms with E-state index >= 15 is 0 Å². The largest absolute Gasteiger partial charge is 0.469 e. The van der Waals surface area contributed by atoms with Crippen molar-refractivity contribution in [1.82, 2.24) is 0 Å². The fourth-order valence-electron chi connectivity index (χ4n) is 7.36.